The summed E-state index contributed by atoms with van der Waals surface area (Å²) < 4.78 is 37.9. The van der Waals surface area contributed by atoms with Crippen LogP contribution in [0.1, 0.15) is 34.5 Å². The molecule has 7 heteroatoms. The summed E-state index contributed by atoms with van der Waals surface area (Å²) in [6.45, 7) is 1.84. The van der Waals surface area contributed by atoms with Crippen LogP contribution in [-0.2, 0) is 21.3 Å². The number of furan rings is 1. The summed E-state index contributed by atoms with van der Waals surface area (Å²) in [5.74, 6) is -0.0850. The lowest BCUT2D eigenvalue weighted by atomic mass is 10.1. The molecule has 0 bridgehead atoms. The molecule has 1 aliphatic rings. The Morgan fingerprint density at radius 3 is 2.62 bits per heavy atom. The molecule has 0 atom stereocenters. The summed E-state index contributed by atoms with van der Waals surface area (Å²) in [4.78, 5) is 12.1. The summed E-state index contributed by atoms with van der Waals surface area (Å²) >= 11 is 0. The number of benzene rings is 1. The standard InChI is InChI=1S/C17H19NO5S/c1-12-5-3-7-15(16(12)17(19)22-2)24(20,21)18(13-8-9-13)11-14-6-4-10-23-14/h3-7,10,13H,8-9,11H2,1-2H3. The molecule has 1 aromatic heterocycles. The number of aryl methyl sites for hydroxylation is 1. The molecule has 1 heterocycles. The van der Waals surface area contributed by atoms with Gasteiger partial charge in [0.2, 0.25) is 10.0 Å². The van der Waals surface area contributed by atoms with Gasteiger partial charge in [-0.2, -0.15) is 4.31 Å². The van der Waals surface area contributed by atoms with Crippen molar-refractivity contribution in [2.24, 2.45) is 0 Å². The molecule has 6 nitrogen and oxygen atoms in total. The van der Waals surface area contributed by atoms with E-state index in [9.17, 15) is 13.2 Å². The number of nitrogens with zero attached hydrogens (tertiary/aromatic N) is 1. The molecule has 24 heavy (non-hydrogen) atoms. The fraction of sp³-hybridized carbons (Fsp3) is 0.353. The zero-order valence-corrected chi connectivity index (χ0v) is 14.4. The van der Waals surface area contributed by atoms with E-state index in [0.717, 1.165) is 12.8 Å². The lowest BCUT2D eigenvalue weighted by Gasteiger charge is -2.22. The number of hydrogen-bond donors (Lipinski definition) is 0. The number of ether oxygens (including phenoxy) is 1. The number of hydrogen-bond acceptors (Lipinski definition) is 5. The van der Waals surface area contributed by atoms with Crippen LogP contribution in [0.15, 0.2) is 45.9 Å². The van der Waals surface area contributed by atoms with Gasteiger partial charge < -0.3 is 9.15 Å². The molecule has 0 amide bonds. The van der Waals surface area contributed by atoms with Crippen molar-refractivity contribution in [3.05, 3.63) is 53.5 Å². The number of esters is 1. The molecular weight excluding hydrogens is 330 g/mol. The average molecular weight is 349 g/mol. The van der Waals surface area contributed by atoms with Crippen molar-refractivity contribution in [1.82, 2.24) is 4.31 Å². The maximum absolute atomic E-state index is 13.2. The highest BCUT2D eigenvalue weighted by Crippen LogP contribution is 2.35. The molecule has 2 aromatic rings. The lowest BCUT2D eigenvalue weighted by molar-refractivity contribution is 0.0595. The number of methoxy groups -OCH3 is 1. The third-order valence-corrected chi connectivity index (χ3v) is 6.00. The summed E-state index contributed by atoms with van der Waals surface area (Å²) in [5, 5.41) is 0. The van der Waals surface area contributed by atoms with Gasteiger partial charge >= 0.3 is 5.97 Å². The van der Waals surface area contributed by atoms with E-state index < -0.39 is 16.0 Å². The molecular formula is C17H19NO5S. The first-order valence-corrected chi connectivity index (χ1v) is 9.11. The number of carbonyl (C=O) groups excluding carboxylic acids is 1. The molecule has 1 aliphatic carbocycles. The van der Waals surface area contributed by atoms with E-state index in [1.807, 2.05) is 0 Å². The van der Waals surface area contributed by atoms with E-state index in [-0.39, 0.29) is 23.0 Å². The van der Waals surface area contributed by atoms with E-state index in [0.29, 0.717) is 11.3 Å². The number of carbonyl (C=O) groups is 1. The Kier molecular flexibility index (Phi) is 4.47. The Bertz CT molecular complexity index is 838. The minimum atomic E-state index is -3.85. The van der Waals surface area contributed by atoms with Crippen molar-refractivity contribution in [3.8, 4) is 0 Å². The fourth-order valence-electron chi connectivity index (χ4n) is 2.67. The van der Waals surface area contributed by atoms with Gasteiger partial charge in [0.05, 0.1) is 30.4 Å². The Balaban J connectivity index is 2.06. The van der Waals surface area contributed by atoms with Gasteiger partial charge in [0.1, 0.15) is 5.76 Å². The predicted molar refractivity (Wildman–Crippen MR) is 87.0 cm³/mol. The largest absolute Gasteiger partial charge is 0.468 e. The lowest BCUT2D eigenvalue weighted by Crippen LogP contribution is -2.33. The van der Waals surface area contributed by atoms with Gasteiger partial charge in [0.25, 0.3) is 0 Å². The zero-order chi connectivity index (χ0) is 17.3. The third kappa shape index (κ3) is 3.09. The number of sulfonamides is 1. The highest BCUT2D eigenvalue weighted by molar-refractivity contribution is 7.89. The van der Waals surface area contributed by atoms with Crippen molar-refractivity contribution in [3.63, 3.8) is 0 Å². The molecule has 0 unspecified atom stereocenters. The van der Waals surface area contributed by atoms with Crippen molar-refractivity contribution in [2.45, 2.75) is 37.2 Å². The molecule has 0 N–H and O–H groups in total. The van der Waals surface area contributed by atoms with Crippen LogP contribution in [0.3, 0.4) is 0 Å². The zero-order valence-electron chi connectivity index (χ0n) is 13.6. The van der Waals surface area contributed by atoms with Crippen LogP contribution in [0.2, 0.25) is 0 Å². The van der Waals surface area contributed by atoms with Crippen molar-refractivity contribution in [2.75, 3.05) is 7.11 Å². The molecule has 1 saturated carbocycles. The molecule has 0 aliphatic heterocycles. The Labute approximate surface area is 141 Å². The summed E-state index contributed by atoms with van der Waals surface area (Å²) in [7, 11) is -2.61. The Hall–Kier alpha value is -2.12. The van der Waals surface area contributed by atoms with Crippen LogP contribution in [0.5, 0.6) is 0 Å². The summed E-state index contributed by atoms with van der Waals surface area (Å²) in [5.41, 5.74) is 0.654. The first kappa shape index (κ1) is 16.7. The van der Waals surface area contributed by atoms with Crippen LogP contribution >= 0.6 is 0 Å². The normalized spacial score (nSPS) is 14.8. The minimum absolute atomic E-state index is 0.0205. The van der Waals surface area contributed by atoms with Gasteiger partial charge in [-0.3, -0.25) is 0 Å². The predicted octanol–water partition coefficient (Wildman–Crippen LogP) is 2.73. The first-order valence-electron chi connectivity index (χ1n) is 7.67. The maximum Gasteiger partial charge on any atom is 0.339 e. The Morgan fingerprint density at radius 1 is 1.29 bits per heavy atom. The second-order valence-corrected chi connectivity index (χ2v) is 7.66. The Morgan fingerprint density at radius 2 is 2.04 bits per heavy atom. The highest BCUT2D eigenvalue weighted by Gasteiger charge is 2.40. The highest BCUT2D eigenvalue weighted by atomic mass is 32.2. The van der Waals surface area contributed by atoms with Gasteiger partial charge in [0, 0.05) is 6.04 Å². The van der Waals surface area contributed by atoms with Crippen LogP contribution in [0, 0.1) is 6.92 Å². The van der Waals surface area contributed by atoms with E-state index in [1.165, 1.54) is 23.7 Å². The average Bonchev–Trinajstić information content (AvgIpc) is 3.27. The molecule has 0 saturated heterocycles. The monoisotopic (exact) mass is 349 g/mol. The number of rotatable bonds is 6. The van der Waals surface area contributed by atoms with Gasteiger partial charge in [-0.25, -0.2) is 13.2 Å². The smallest absolute Gasteiger partial charge is 0.339 e. The van der Waals surface area contributed by atoms with Gasteiger partial charge in [-0.15, -0.1) is 0 Å². The van der Waals surface area contributed by atoms with Gasteiger partial charge in [-0.1, -0.05) is 12.1 Å². The van der Waals surface area contributed by atoms with E-state index in [4.69, 9.17) is 9.15 Å². The summed E-state index contributed by atoms with van der Waals surface area (Å²) in [6, 6.07) is 8.17. The topological polar surface area (TPSA) is 76.8 Å². The van der Waals surface area contributed by atoms with Crippen LogP contribution < -0.4 is 0 Å². The molecule has 0 radical (unpaired) electrons. The maximum atomic E-state index is 13.2. The van der Waals surface area contributed by atoms with Crippen molar-refractivity contribution < 1.29 is 22.4 Å². The van der Waals surface area contributed by atoms with Crippen LogP contribution in [-0.4, -0.2) is 31.8 Å². The molecule has 1 fully saturated rings. The third-order valence-electron chi connectivity index (χ3n) is 4.06. The van der Waals surface area contributed by atoms with E-state index in [2.05, 4.69) is 0 Å². The molecule has 128 valence electrons. The molecule has 1 aromatic carbocycles. The fourth-order valence-corrected chi connectivity index (χ4v) is 4.58. The second kappa shape index (κ2) is 6.41. The molecule has 0 spiro atoms. The van der Waals surface area contributed by atoms with Crippen LogP contribution in [0.25, 0.3) is 0 Å². The van der Waals surface area contributed by atoms with E-state index >= 15 is 0 Å². The minimum Gasteiger partial charge on any atom is -0.468 e. The van der Waals surface area contributed by atoms with E-state index in [1.54, 1.807) is 31.2 Å². The van der Waals surface area contributed by atoms with Gasteiger partial charge in [0.15, 0.2) is 0 Å². The SMILES string of the molecule is COC(=O)c1c(C)cccc1S(=O)(=O)N(Cc1ccco1)C1CC1. The summed E-state index contributed by atoms with van der Waals surface area (Å²) in [6.07, 6.45) is 3.12. The second-order valence-electron chi connectivity index (χ2n) is 5.80. The van der Waals surface area contributed by atoms with Crippen molar-refractivity contribution in [1.29, 1.82) is 0 Å². The van der Waals surface area contributed by atoms with Gasteiger partial charge in [-0.05, 0) is 43.5 Å². The quantitative estimate of drug-likeness (QED) is 0.750. The van der Waals surface area contributed by atoms with Crippen molar-refractivity contribution >= 4 is 16.0 Å². The van der Waals surface area contributed by atoms with Crippen LogP contribution in [0.4, 0.5) is 0 Å². The first-order chi connectivity index (χ1) is 11.4. The molecule has 3 rings (SSSR count).